The Hall–Kier alpha value is -0.610. The molecule has 4 nitrogen and oxygen atoms in total. The molecule has 0 aromatic rings. The van der Waals surface area contributed by atoms with Gasteiger partial charge in [0, 0.05) is 24.7 Å². The van der Waals surface area contributed by atoms with Crippen LogP contribution in [0.3, 0.4) is 0 Å². The molecule has 22 heavy (non-hydrogen) atoms. The summed E-state index contributed by atoms with van der Waals surface area (Å²) < 4.78 is 0. The maximum absolute atomic E-state index is 11.1. The summed E-state index contributed by atoms with van der Waals surface area (Å²) in [4.78, 5) is 13.3. The van der Waals surface area contributed by atoms with E-state index in [2.05, 4.69) is 31.0 Å². The standard InChI is InChI=1S/C18H32N2O2/c1-12-8-18(2,3)9-16(12)19-14-6-15(7-14)20(11-17(21)22)10-13-4-5-13/h12-16,19H,4-11H2,1-3H3,(H,21,22). The van der Waals surface area contributed by atoms with E-state index in [1.54, 1.807) is 0 Å². The van der Waals surface area contributed by atoms with Crippen LogP contribution in [0.15, 0.2) is 0 Å². The van der Waals surface area contributed by atoms with Gasteiger partial charge in [-0.25, -0.2) is 0 Å². The maximum atomic E-state index is 11.1. The molecule has 2 unspecified atom stereocenters. The van der Waals surface area contributed by atoms with Gasteiger partial charge in [-0.1, -0.05) is 20.8 Å². The highest BCUT2D eigenvalue weighted by molar-refractivity contribution is 5.69. The second-order valence-corrected chi connectivity index (χ2v) is 8.91. The predicted molar refractivity (Wildman–Crippen MR) is 87.8 cm³/mol. The first-order valence-electron chi connectivity index (χ1n) is 9.04. The molecule has 3 aliphatic carbocycles. The van der Waals surface area contributed by atoms with Gasteiger partial charge in [0.15, 0.2) is 0 Å². The van der Waals surface area contributed by atoms with Gasteiger partial charge < -0.3 is 10.4 Å². The summed E-state index contributed by atoms with van der Waals surface area (Å²) in [6.07, 6.45) is 7.43. The quantitative estimate of drug-likeness (QED) is 0.759. The average molecular weight is 308 g/mol. The van der Waals surface area contributed by atoms with Crippen molar-refractivity contribution in [2.75, 3.05) is 13.1 Å². The monoisotopic (exact) mass is 308 g/mol. The lowest BCUT2D eigenvalue weighted by Gasteiger charge is -2.44. The van der Waals surface area contributed by atoms with E-state index in [0.29, 0.717) is 23.5 Å². The lowest BCUT2D eigenvalue weighted by Crippen LogP contribution is -2.56. The Labute approximate surface area is 134 Å². The summed E-state index contributed by atoms with van der Waals surface area (Å²) in [5.74, 6) is 0.848. The van der Waals surface area contributed by atoms with Gasteiger partial charge in [0.25, 0.3) is 0 Å². The summed E-state index contributed by atoms with van der Waals surface area (Å²) in [6, 6.07) is 1.73. The zero-order chi connectivity index (χ0) is 15.9. The molecule has 3 aliphatic rings. The summed E-state index contributed by atoms with van der Waals surface area (Å²) in [5.41, 5.74) is 0.474. The van der Waals surface area contributed by atoms with Crippen molar-refractivity contribution in [3.8, 4) is 0 Å². The number of hydrogen-bond donors (Lipinski definition) is 2. The fourth-order valence-corrected chi connectivity index (χ4v) is 4.59. The van der Waals surface area contributed by atoms with Crippen LogP contribution in [0.2, 0.25) is 0 Å². The smallest absolute Gasteiger partial charge is 0.317 e. The Bertz CT molecular complexity index is 413. The van der Waals surface area contributed by atoms with E-state index >= 15 is 0 Å². The molecule has 0 aliphatic heterocycles. The van der Waals surface area contributed by atoms with Crippen molar-refractivity contribution < 1.29 is 9.90 Å². The summed E-state index contributed by atoms with van der Waals surface area (Å²) in [5, 5.41) is 13.0. The summed E-state index contributed by atoms with van der Waals surface area (Å²) in [7, 11) is 0. The minimum Gasteiger partial charge on any atom is -0.480 e. The van der Waals surface area contributed by atoms with E-state index in [4.69, 9.17) is 5.11 Å². The first-order valence-corrected chi connectivity index (χ1v) is 9.04. The first kappa shape index (κ1) is 16.3. The number of nitrogens with zero attached hydrogens (tertiary/aromatic N) is 1. The normalized spacial score (nSPS) is 37.3. The lowest BCUT2D eigenvalue weighted by atomic mass is 9.84. The van der Waals surface area contributed by atoms with Crippen LogP contribution in [-0.4, -0.2) is 47.2 Å². The number of nitrogens with one attached hydrogen (secondary N) is 1. The molecule has 2 N–H and O–H groups in total. The van der Waals surface area contributed by atoms with E-state index in [1.165, 1.54) is 25.7 Å². The highest BCUT2D eigenvalue weighted by atomic mass is 16.4. The molecule has 0 aromatic heterocycles. The highest BCUT2D eigenvalue weighted by Crippen LogP contribution is 2.42. The third-order valence-electron chi connectivity index (χ3n) is 5.94. The second-order valence-electron chi connectivity index (χ2n) is 8.91. The Balaban J connectivity index is 1.45. The van der Waals surface area contributed by atoms with Crippen molar-refractivity contribution in [1.29, 1.82) is 0 Å². The highest BCUT2D eigenvalue weighted by Gasteiger charge is 2.41. The van der Waals surface area contributed by atoms with Crippen molar-refractivity contribution in [2.45, 2.75) is 77.4 Å². The Morgan fingerprint density at radius 1 is 1.27 bits per heavy atom. The van der Waals surface area contributed by atoms with Crippen molar-refractivity contribution in [2.24, 2.45) is 17.3 Å². The fraction of sp³-hybridized carbons (Fsp3) is 0.944. The first-order chi connectivity index (χ1) is 10.3. The average Bonchev–Trinajstić information content (AvgIpc) is 3.08. The van der Waals surface area contributed by atoms with Gasteiger partial charge in [-0.3, -0.25) is 9.69 Å². The Morgan fingerprint density at radius 3 is 2.45 bits per heavy atom. The third kappa shape index (κ3) is 4.02. The molecule has 0 radical (unpaired) electrons. The van der Waals surface area contributed by atoms with Gasteiger partial charge in [-0.15, -0.1) is 0 Å². The minimum absolute atomic E-state index is 0.223. The van der Waals surface area contributed by atoms with Crippen LogP contribution in [0.1, 0.15) is 59.3 Å². The van der Waals surface area contributed by atoms with E-state index in [1.807, 2.05) is 0 Å². The minimum atomic E-state index is -0.678. The maximum Gasteiger partial charge on any atom is 0.317 e. The molecule has 0 aromatic carbocycles. The van der Waals surface area contributed by atoms with Crippen LogP contribution >= 0.6 is 0 Å². The van der Waals surface area contributed by atoms with Crippen LogP contribution in [-0.2, 0) is 4.79 Å². The molecule has 126 valence electrons. The molecule has 4 heteroatoms. The molecule has 3 fully saturated rings. The molecule has 3 rings (SSSR count). The number of rotatable bonds is 7. The van der Waals surface area contributed by atoms with E-state index < -0.39 is 5.97 Å². The predicted octanol–water partition coefficient (Wildman–Crippen LogP) is 2.73. The van der Waals surface area contributed by atoms with E-state index in [9.17, 15) is 4.79 Å². The largest absolute Gasteiger partial charge is 0.480 e. The van der Waals surface area contributed by atoms with Crippen LogP contribution in [0.4, 0.5) is 0 Å². The molecule has 3 saturated carbocycles. The van der Waals surface area contributed by atoms with Gasteiger partial charge in [-0.05, 0) is 55.8 Å². The zero-order valence-corrected chi connectivity index (χ0v) is 14.3. The van der Waals surface area contributed by atoms with Gasteiger partial charge in [0.2, 0.25) is 0 Å². The molecule has 0 heterocycles. The number of aliphatic carboxylic acids is 1. The van der Waals surface area contributed by atoms with Crippen LogP contribution in [0, 0.1) is 17.3 Å². The molecule has 0 amide bonds. The summed E-state index contributed by atoms with van der Waals surface area (Å²) >= 11 is 0. The molecule has 0 bridgehead atoms. The van der Waals surface area contributed by atoms with E-state index in [-0.39, 0.29) is 6.54 Å². The van der Waals surface area contributed by atoms with Crippen molar-refractivity contribution >= 4 is 5.97 Å². The number of carboxylic acid groups (broad SMARTS) is 1. The second kappa shape index (κ2) is 6.12. The van der Waals surface area contributed by atoms with Crippen LogP contribution < -0.4 is 5.32 Å². The topological polar surface area (TPSA) is 52.6 Å². The van der Waals surface area contributed by atoms with Gasteiger partial charge >= 0.3 is 5.97 Å². The molecule has 2 atom stereocenters. The molecule has 0 saturated heterocycles. The van der Waals surface area contributed by atoms with Crippen LogP contribution in [0.5, 0.6) is 0 Å². The van der Waals surface area contributed by atoms with Crippen molar-refractivity contribution in [3.05, 3.63) is 0 Å². The Kier molecular flexibility index (Phi) is 4.52. The SMILES string of the molecule is CC1CC(C)(C)CC1NC1CC(N(CC(=O)O)CC2CC2)C1. The molecular formula is C18H32N2O2. The summed E-state index contributed by atoms with van der Waals surface area (Å²) in [6.45, 7) is 8.33. The number of carboxylic acids is 1. The zero-order valence-electron chi connectivity index (χ0n) is 14.3. The van der Waals surface area contributed by atoms with Gasteiger partial charge in [0.1, 0.15) is 0 Å². The van der Waals surface area contributed by atoms with E-state index in [0.717, 1.165) is 31.2 Å². The Morgan fingerprint density at radius 2 is 1.95 bits per heavy atom. The van der Waals surface area contributed by atoms with Crippen molar-refractivity contribution in [3.63, 3.8) is 0 Å². The lowest BCUT2D eigenvalue weighted by molar-refractivity contribution is -0.139. The fourth-order valence-electron chi connectivity index (χ4n) is 4.59. The van der Waals surface area contributed by atoms with Crippen LogP contribution in [0.25, 0.3) is 0 Å². The third-order valence-corrected chi connectivity index (χ3v) is 5.94. The number of hydrogen-bond acceptors (Lipinski definition) is 3. The molecule has 0 spiro atoms. The molecular weight excluding hydrogens is 276 g/mol. The van der Waals surface area contributed by atoms with Crippen molar-refractivity contribution in [1.82, 2.24) is 10.2 Å². The van der Waals surface area contributed by atoms with Gasteiger partial charge in [0.05, 0.1) is 6.54 Å². The number of carbonyl (C=O) groups is 1. The van der Waals surface area contributed by atoms with Gasteiger partial charge in [-0.2, -0.15) is 0 Å².